The first-order valence-electron chi connectivity index (χ1n) is 8.39. The Bertz CT molecular complexity index is 1170. The van der Waals surface area contributed by atoms with Gasteiger partial charge in [-0.1, -0.05) is 23.7 Å². The number of halogens is 2. The van der Waals surface area contributed by atoms with Crippen molar-refractivity contribution >= 4 is 28.9 Å². The van der Waals surface area contributed by atoms with E-state index in [1.807, 2.05) is 6.07 Å². The quantitative estimate of drug-likeness (QED) is 0.630. The van der Waals surface area contributed by atoms with Gasteiger partial charge in [-0.3, -0.25) is 9.78 Å². The van der Waals surface area contributed by atoms with E-state index in [-0.39, 0.29) is 39.3 Å². The molecule has 1 heterocycles. The fraction of sp³-hybridized carbons (Fsp3) is 0.0476. The third kappa shape index (κ3) is 4.23. The molecule has 0 spiro atoms. The minimum absolute atomic E-state index is 0.101. The number of nitrogens with one attached hydrogen (secondary N) is 1. The van der Waals surface area contributed by atoms with E-state index >= 15 is 0 Å². The number of nitriles is 1. The van der Waals surface area contributed by atoms with E-state index < -0.39 is 5.82 Å². The summed E-state index contributed by atoms with van der Waals surface area (Å²) in [6.45, 7) is 0. The molecule has 2 aromatic carbocycles. The van der Waals surface area contributed by atoms with Crippen molar-refractivity contribution in [1.29, 1.82) is 5.26 Å². The van der Waals surface area contributed by atoms with Crippen molar-refractivity contribution in [3.8, 4) is 23.1 Å². The highest BCUT2D eigenvalue weighted by Gasteiger charge is 2.16. The normalized spacial score (nSPS) is 11.0. The first kappa shape index (κ1) is 20.0. The van der Waals surface area contributed by atoms with Gasteiger partial charge in [0.2, 0.25) is 0 Å². The standard InChI is InChI=1S/C21H14ClFN4O2/c1-25-21(29)13-4-2-3-12(9-13)19-20(28)15(7-8-26-19)18(11-24)27-14-5-6-17(23)16(22)10-14/h2-10,28H,1H3,(H,25,29)/b27-18+. The highest BCUT2D eigenvalue weighted by atomic mass is 35.5. The van der Waals surface area contributed by atoms with Gasteiger partial charge in [-0.2, -0.15) is 5.26 Å². The molecule has 0 aliphatic carbocycles. The average Bonchev–Trinajstić information content (AvgIpc) is 2.74. The number of hydrogen-bond donors (Lipinski definition) is 2. The molecule has 1 aromatic heterocycles. The molecule has 8 heteroatoms. The molecule has 0 fully saturated rings. The molecule has 6 nitrogen and oxygen atoms in total. The van der Waals surface area contributed by atoms with Crippen LogP contribution in [0.1, 0.15) is 15.9 Å². The molecular weight excluding hydrogens is 395 g/mol. The highest BCUT2D eigenvalue weighted by molar-refractivity contribution is 6.31. The van der Waals surface area contributed by atoms with Crippen molar-refractivity contribution in [2.75, 3.05) is 7.05 Å². The van der Waals surface area contributed by atoms with Crippen LogP contribution in [-0.4, -0.2) is 28.8 Å². The molecule has 1 amide bonds. The molecular formula is C21H14ClFN4O2. The second-order valence-corrected chi connectivity index (χ2v) is 6.29. The fourth-order valence-electron chi connectivity index (χ4n) is 2.64. The Labute approximate surface area is 170 Å². The number of aliphatic imine (C=N–C) groups is 1. The summed E-state index contributed by atoms with van der Waals surface area (Å²) >= 11 is 5.76. The van der Waals surface area contributed by atoms with Gasteiger partial charge in [0.1, 0.15) is 17.6 Å². The zero-order valence-electron chi connectivity index (χ0n) is 15.1. The molecule has 144 valence electrons. The maximum absolute atomic E-state index is 13.3. The lowest BCUT2D eigenvalue weighted by Gasteiger charge is -2.09. The minimum atomic E-state index is -0.603. The predicted octanol–water partition coefficient (Wildman–Crippen LogP) is 4.25. The Morgan fingerprint density at radius 3 is 2.76 bits per heavy atom. The molecule has 0 bridgehead atoms. The lowest BCUT2D eigenvalue weighted by Crippen LogP contribution is -2.17. The molecule has 0 saturated carbocycles. The first-order valence-corrected chi connectivity index (χ1v) is 8.77. The average molecular weight is 409 g/mol. The van der Waals surface area contributed by atoms with E-state index in [9.17, 15) is 19.6 Å². The molecule has 0 aliphatic heterocycles. The van der Waals surface area contributed by atoms with Gasteiger partial charge in [0.25, 0.3) is 5.91 Å². The second kappa shape index (κ2) is 8.50. The van der Waals surface area contributed by atoms with E-state index in [0.717, 1.165) is 6.07 Å². The molecule has 2 N–H and O–H groups in total. The van der Waals surface area contributed by atoms with E-state index in [4.69, 9.17) is 11.6 Å². The van der Waals surface area contributed by atoms with E-state index in [1.54, 1.807) is 24.3 Å². The zero-order chi connectivity index (χ0) is 21.0. The topological polar surface area (TPSA) is 98.4 Å². The number of carbonyl (C=O) groups excluding carboxylic acids is 1. The molecule has 0 unspecified atom stereocenters. The van der Waals surface area contributed by atoms with E-state index in [1.165, 1.54) is 31.4 Å². The van der Waals surface area contributed by atoms with Crippen molar-refractivity contribution in [3.63, 3.8) is 0 Å². The van der Waals surface area contributed by atoms with Crippen LogP contribution in [0.15, 0.2) is 59.7 Å². The van der Waals surface area contributed by atoms with Gasteiger partial charge in [-0.25, -0.2) is 9.38 Å². The molecule has 3 rings (SSSR count). The molecule has 0 atom stereocenters. The van der Waals surface area contributed by atoms with Crippen LogP contribution in [0.25, 0.3) is 11.3 Å². The van der Waals surface area contributed by atoms with Crippen LogP contribution in [-0.2, 0) is 0 Å². The smallest absolute Gasteiger partial charge is 0.251 e. The monoisotopic (exact) mass is 408 g/mol. The summed E-state index contributed by atoms with van der Waals surface area (Å²) in [4.78, 5) is 20.2. The molecule has 0 saturated heterocycles. The zero-order valence-corrected chi connectivity index (χ0v) is 15.9. The van der Waals surface area contributed by atoms with Crippen molar-refractivity contribution < 1.29 is 14.3 Å². The van der Waals surface area contributed by atoms with E-state index in [2.05, 4.69) is 15.3 Å². The maximum Gasteiger partial charge on any atom is 0.251 e. The van der Waals surface area contributed by atoms with Gasteiger partial charge in [0, 0.05) is 24.4 Å². The highest BCUT2D eigenvalue weighted by Crippen LogP contribution is 2.32. The Morgan fingerprint density at radius 2 is 2.07 bits per heavy atom. The van der Waals surface area contributed by atoms with Gasteiger partial charge >= 0.3 is 0 Å². The molecule has 0 radical (unpaired) electrons. The number of benzene rings is 2. The summed E-state index contributed by atoms with van der Waals surface area (Å²) in [6, 6.07) is 13.7. The second-order valence-electron chi connectivity index (χ2n) is 5.89. The number of hydrogen-bond acceptors (Lipinski definition) is 5. The minimum Gasteiger partial charge on any atom is -0.505 e. The van der Waals surface area contributed by atoms with Crippen LogP contribution < -0.4 is 5.32 Å². The Kier molecular flexibility index (Phi) is 5.86. The number of rotatable bonds is 4. The van der Waals surface area contributed by atoms with Crippen LogP contribution in [0.4, 0.5) is 10.1 Å². The first-order chi connectivity index (χ1) is 13.9. The van der Waals surface area contributed by atoms with Crippen LogP contribution in [0.5, 0.6) is 5.75 Å². The number of amides is 1. The summed E-state index contributed by atoms with van der Waals surface area (Å²) in [6.07, 6.45) is 1.42. The molecule has 29 heavy (non-hydrogen) atoms. The number of aromatic hydroxyl groups is 1. The largest absolute Gasteiger partial charge is 0.505 e. The SMILES string of the molecule is CNC(=O)c1cccc(-c2nccc(/C(C#N)=N/c3ccc(F)c(Cl)c3)c2O)c1. The van der Waals surface area contributed by atoms with Crippen LogP contribution in [0.3, 0.4) is 0 Å². The lowest BCUT2D eigenvalue weighted by molar-refractivity contribution is 0.0963. The number of carbonyl (C=O) groups is 1. The maximum atomic E-state index is 13.3. The summed E-state index contributed by atoms with van der Waals surface area (Å²) in [7, 11) is 1.52. The van der Waals surface area contributed by atoms with Crippen molar-refractivity contribution in [1.82, 2.24) is 10.3 Å². The van der Waals surface area contributed by atoms with Crippen LogP contribution >= 0.6 is 11.6 Å². The number of aromatic nitrogens is 1. The van der Waals surface area contributed by atoms with Crippen molar-refractivity contribution in [2.45, 2.75) is 0 Å². The third-order valence-corrected chi connectivity index (χ3v) is 4.34. The summed E-state index contributed by atoms with van der Waals surface area (Å²) in [5.74, 6) is -1.15. The summed E-state index contributed by atoms with van der Waals surface area (Å²) < 4.78 is 13.3. The third-order valence-electron chi connectivity index (χ3n) is 4.05. The number of pyridine rings is 1. The van der Waals surface area contributed by atoms with Gasteiger partial charge in [0.05, 0.1) is 16.3 Å². The van der Waals surface area contributed by atoms with Gasteiger partial charge in [0.15, 0.2) is 11.5 Å². The predicted molar refractivity (Wildman–Crippen MR) is 108 cm³/mol. The van der Waals surface area contributed by atoms with Crippen molar-refractivity contribution in [3.05, 3.63) is 76.7 Å². The van der Waals surface area contributed by atoms with Gasteiger partial charge in [-0.05, 0) is 36.4 Å². The fourth-order valence-corrected chi connectivity index (χ4v) is 2.81. The van der Waals surface area contributed by atoms with Gasteiger partial charge in [-0.15, -0.1) is 0 Å². The number of nitrogens with zero attached hydrogens (tertiary/aromatic N) is 3. The summed E-state index contributed by atoms with van der Waals surface area (Å²) in [5, 5.41) is 22.7. The molecule has 0 aliphatic rings. The Morgan fingerprint density at radius 1 is 1.28 bits per heavy atom. The van der Waals surface area contributed by atoms with Gasteiger partial charge < -0.3 is 10.4 Å². The summed E-state index contributed by atoms with van der Waals surface area (Å²) in [5.41, 5.74) is 1.37. The van der Waals surface area contributed by atoms with Crippen LogP contribution in [0.2, 0.25) is 5.02 Å². The lowest BCUT2D eigenvalue weighted by atomic mass is 10.0. The molecule has 3 aromatic rings. The van der Waals surface area contributed by atoms with Crippen LogP contribution in [0, 0.1) is 17.1 Å². The van der Waals surface area contributed by atoms with E-state index in [0.29, 0.717) is 11.1 Å². The van der Waals surface area contributed by atoms with Crippen molar-refractivity contribution in [2.24, 2.45) is 4.99 Å². The Balaban J connectivity index is 2.08. The Hall–Kier alpha value is -3.76.